The fraction of sp³-hybridized carbons (Fsp3) is 1.00. The number of hydrogen-bond acceptors (Lipinski definition) is 5. The number of hydrogen-bond donors (Lipinski definition) is 2. The van der Waals surface area contributed by atoms with E-state index in [2.05, 4.69) is 5.43 Å². The summed E-state index contributed by atoms with van der Waals surface area (Å²) in [5.41, 5.74) is 2.41. The van der Waals surface area contributed by atoms with Crippen LogP contribution < -0.4 is 11.3 Å². The summed E-state index contributed by atoms with van der Waals surface area (Å²) in [7, 11) is -3.00. The van der Waals surface area contributed by atoms with Crippen LogP contribution in [0.4, 0.5) is 0 Å². The Balaban J connectivity index is 3.77. The molecular formula is C7H18N2O3S. The molecular weight excluding hydrogens is 192 g/mol. The van der Waals surface area contributed by atoms with Crippen molar-refractivity contribution >= 4 is 9.84 Å². The first kappa shape index (κ1) is 12.8. The summed E-state index contributed by atoms with van der Waals surface area (Å²) in [6.45, 7) is 2.95. The van der Waals surface area contributed by atoms with Crippen LogP contribution in [0, 0.1) is 0 Å². The van der Waals surface area contributed by atoms with Crippen LogP contribution in [0.1, 0.15) is 13.3 Å². The van der Waals surface area contributed by atoms with Crippen molar-refractivity contribution in [3.8, 4) is 0 Å². The van der Waals surface area contributed by atoms with Crippen LogP contribution >= 0.6 is 0 Å². The van der Waals surface area contributed by atoms with E-state index in [9.17, 15) is 8.42 Å². The van der Waals surface area contributed by atoms with Gasteiger partial charge in [-0.2, -0.15) is 0 Å². The molecule has 0 radical (unpaired) electrons. The summed E-state index contributed by atoms with van der Waals surface area (Å²) >= 11 is 0. The largest absolute Gasteiger partial charge is 0.380 e. The van der Waals surface area contributed by atoms with Gasteiger partial charge in [0.1, 0.15) is 9.84 Å². The molecule has 0 spiro atoms. The molecule has 3 N–H and O–H groups in total. The van der Waals surface area contributed by atoms with Gasteiger partial charge in [-0.15, -0.1) is 0 Å². The molecule has 1 atom stereocenters. The van der Waals surface area contributed by atoms with Crippen LogP contribution in [-0.4, -0.2) is 39.7 Å². The Kier molecular flexibility index (Phi) is 6.23. The van der Waals surface area contributed by atoms with Crippen molar-refractivity contribution < 1.29 is 13.2 Å². The van der Waals surface area contributed by atoms with E-state index in [4.69, 9.17) is 10.6 Å². The second-order valence-electron chi connectivity index (χ2n) is 3.03. The van der Waals surface area contributed by atoms with Crippen molar-refractivity contribution in [2.75, 3.05) is 25.2 Å². The highest BCUT2D eigenvalue weighted by molar-refractivity contribution is 7.90. The first-order valence-corrected chi connectivity index (χ1v) is 6.27. The van der Waals surface area contributed by atoms with Crippen LogP contribution in [-0.2, 0) is 14.6 Å². The molecule has 6 heteroatoms. The monoisotopic (exact) mass is 210 g/mol. The summed E-state index contributed by atoms with van der Waals surface area (Å²) in [5.74, 6) is 5.17. The van der Waals surface area contributed by atoms with Crippen LogP contribution in [0.2, 0.25) is 0 Å². The molecule has 0 saturated heterocycles. The lowest BCUT2D eigenvalue weighted by Gasteiger charge is -2.14. The van der Waals surface area contributed by atoms with Crippen molar-refractivity contribution in [3.63, 3.8) is 0 Å². The Bertz CT molecular complexity index is 216. The summed E-state index contributed by atoms with van der Waals surface area (Å²) in [4.78, 5) is 0. The third-order valence-electron chi connectivity index (χ3n) is 1.41. The molecule has 0 aromatic rings. The third kappa shape index (κ3) is 8.17. The molecule has 80 valence electrons. The maximum Gasteiger partial charge on any atom is 0.149 e. The summed E-state index contributed by atoms with van der Waals surface area (Å²) < 4.78 is 26.9. The van der Waals surface area contributed by atoms with Gasteiger partial charge < -0.3 is 4.74 Å². The van der Waals surface area contributed by atoms with Crippen molar-refractivity contribution in [2.45, 2.75) is 19.4 Å². The Morgan fingerprint density at radius 2 is 2.15 bits per heavy atom. The normalized spacial score (nSPS) is 14.4. The van der Waals surface area contributed by atoms with Gasteiger partial charge in [-0.05, 0) is 6.42 Å². The third-order valence-corrected chi connectivity index (χ3v) is 2.42. The first-order valence-electron chi connectivity index (χ1n) is 4.21. The van der Waals surface area contributed by atoms with Crippen molar-refractivity contribution in [1.29, 1.82) is 0 Å². The van der Waals surface area contributed by atoms with E-state index in [1.165, 1.54) is 6.26 Å². The lowest BCUT2D eigenvalue weighted by Crippen LogP contribution is -2.43. The van der Waals surface area contributed by atoms with E-state index in [1.54, 1.807) is 0 Å². The van der Waals surface area contributed by atoms with Gasteiger partial charge in [0.25, 0.3) is 0 Å². The molecule has 0 aliphatic carbocycles. The molecule has 5 nitrogen and oxygen atoms in total. The Hall–Kier alpha value is -0.170. The minimum Gasteiger partial charge on any atom is -0.380 e. The van der Waals surface area contributed by atoms with E-state index in [0.29, 0.717) is 13.2 Å². The summed E-state index contributed by atoms with van der Waals surface area (Å²) in [5, 5.41) is 0. The second-order valence-corrected chi connectivity index (χ2v) is 5.22. The number of sulfone groups is 1. The maximum atomic E-state index is 10.9. The fourth-order valence-electron chi connectivity index (χ4n) is 0.880. The van der Waals surface area contributed by atoms with E-state index in [-0.39, 0.29) is 11.8 Å². The van der Waals surface area contributed by atoms with Gasteiger partial charge in [-0.3, -0.25) is 11.3 Å². The highest BCUT2D eigenvalue weighted by Crippen LogP contribution is 1.92. The minimum atomic E-state index is -3.00. The summed E-state index contributed by atoms with van der Waals surface area (Å²) in [6, 6.07) is -0.318. The van der Waals surface area contributed by atoms with Gasteiger partial charge in [0.2, 0.25) is 0 Å². The molecule has 0 amide bonds. The van der Waals surface area contributed by atoms with Gasteiger partial charge in [-0.25, -0.2) is 8.42 Å². The zero-order valence-corrected chi connectivity index (χ0v) is 8.93. The molecule has 0 rings (SSSR count). The second kappa shape index (κ2) is 6.31. The van der Waals surface area contributed by atoms with Crippen molar-refractivity contribution in [1.82, 2.24) is 5.43 Å². The van der Waals surface area contributed by atoms with Crippen LogP contribution in [0.15, 0.2) is 0 Å². The van der Waals surface area contributed by atoms with E-state index < -0.39 is 9.84 Å². The van der Waals surface area contributed by atoms with E-state index >= 15 is 0 Å². The first-order chi connectivity index (χ1) is 5.99. The SMILES string of the molecule is CCCOCC(CS(C)(=O)=O)NN. The highest BCUT2D eigenvalue weighted by atomic mass is 32.2. The van der Waals surface area contributed by atoms with Crippen LogP contribution in [0.25, 0.3) is 0 Å². The zero-order valence-electron chi connectivity index (χ0n) is 8.12. The zero-order chi connectivity index (χ0) is 10.3. The average Bonchev–Trinajstić information content (AvgIpc) is 2.01. The standard InChI is InChI=1S/C7H18N2O3S/c1-3-4-12-5-7(9-8)6-13(2,10)11/h7,9H,3-6,8H2,1-2H3. The lowest BCUT2D eigenvalue weighted by atomic mass is 10.4. The number of hydrazine groups is 1. The van der Waals surface area contributed by atoms with Crippen molar-refractivity contribution in [2.24, 2.45) is 5.84 Å². The van der Waals surface area contributed by atoms with Gasteiger partial charge >= 0.3 is 0 Å². The molecule has 0 saturated carbocycles. The molecule has 0 aromatic carbocycles. The van der Waals surface area contributed by atoms with E-state index in [1.807, 2.05) is 6.92 Å². The molecule has 0 aliphatic heterocycles. The van der Waals surface area contributed by atoms with Crippen LogP contribution in [0.3, 0.4) is 0 Å². The molecule has 13 heavy (non-hydrogen) atoms. The van der Waals surface area contributed by atoms with Gasteiger partial charge in [0.15, 0.2) is 0 Å². The minimum absolute atomic E-state index is 0.00716. The molecule has 0 aromatic heterocycles. The smallest absolute Gasteiger partial charge is 0.149 e. The molecule has 0 heterocycles. The Morgan fingerprint density at radius 1 is 1.54 bits per heavy atom. The number of rotatable bonds is 7. The van der Waals surface area contributed by atoms with Crippen molar-refractivity contribution in [3.05, 3.63) is 0 Å². The Morgan fingerprint density at radius 3 is 2.54 bits per heavy atom. The molecule has 1 unspecified atom stereocenters. The maximum absolute atomic E-state index is 10.9. The predicted molar refractivity (Wildman–Crippen MR) is 51.9 cm³/mol. The van der Waals surface area contributed by atoms with E-state index in [0.717, 1.165) is 6.42 Å². The number of ether oxygens (including phenoxy) is 1. The predicted octanol–water partition coefficient (Wildman–Crippen LogP) is -0.710. The van der Waals surface area contributed by atoms with Gasteiger partial charge in [-0.1, -0.05) is 6.92 Å². The lowest BCUT2D eigenvalue weighted by molar-refractivity contribution is 0.117. The van der Waals surface area contributed by atoms with Crippen LogP contribution in [0.5, 0.6) is 0 Å². The van der Waals surface area contributed by atoms with Gasteiger partial charge in [0, 0.05) is 12.9 Å². The highest BCUT2D eigenvalue weighted by Gasteiger charge is 2.13. The average molecular weight is 210 g/mol. The number of nitrogens with one attached hydrogen (secondary N) is 1. The Labute approximate surface area is 79.5 Å². The molecule has 0 aliphatic rings. The fourth-order valence-corrected chi connectivity index (χ4v) is 1.80. The number of nitrogens with two attached hydrogens (primary N) is 1. The topological polar surface area (TPSA) is 81.4 Å². The molecule has 0 fully saturated rings. The molecule has 0 bridgehead atoms. The van der Waals surface area contributed by atoms with Gasteiger partial charge in [0.05, 0.1) is 18.4 Å². The summed E-state index contributed by atoms with van der Waals surface area (Å²) in [6.07, 6.45) is 2.09. The quantitative estimate of drug-likeness (QED) is 0.329.